The van der Waals surface area contributed by atoms with Crippen LogP contribution in [-0.4, -0.2) is 12.1 Å². The highest BCUT2D eigenvalue weighted by Gasteiger charge is 2.39. The molecule has 98 valence electrons. The second-order valence-corrected chi connectivity index (χ2v) is 4.88. The number of rotatable bonds is 2. The van der Waals surface area contributed by atoms with Gasteiger partial charge in [-0.2, -0.15) is 11.0 Å². The van der Waals surface area contributed by atoms with Gasteiger partial charge in [0.25, 0.3) is 0 Å². The molecule has 1 saturated heterocycles. The largest absolute Gasteiger partial charge is 0.225 e. The minimum atomic E-state index is -0.281. The molecule has 1 aliphatic rings. The first-order valence-electron chi connectivity index (χ1n) is 6.39. The Morgan fingerprint density at radius 1 is 0.895 bits per heavy atom. The zero-order valence-corrected chi connectivity index (χ0v) is 11.2. The van der Waals surface area contributed by atoms with Crippen molar-refractivity contribution in [3.8, 4) is 0 Å². The predicted octanol–water partition coefficient (Wildman–Crippen LogP) is 2.24. The molecule has 19 heavy (non-hydrogen) atoms. The molecular formula is C15H18N4. The van der Waals surface area contributed by atoms with Crippen molar-refractivity contribution in [2.75, 3.05) is 12.2 Å². The molecule has 1 unspecified atom stereocenters. The summed E-state index contributed by atoms with van der Waals surface area (Å²) >= 11 is 0. The van der Waals surface area contributed by atoms with Gasteiger partial charge < -0.3 is 0 Å². The SMILES string of the molecule is CN1NN(c2ccccc2)NC1(C)c1ccccc1. The lowest BCUT2D eigenvalue weighted by molar-refractivity contribution is 0.129. The van der Waals surface area contributed by atoms with E-state index in [2.05, 4.69) is 59.3 Å². The van der Waals surface area contributed by atoms with Gasteiger partial charge in [0.2, 0.25) is 0 Å². The third-order valence-electron chi connectivity index (χ3n) is 3.60. The van der Waals surface area contributed by atoms with Crippen LogP contribution in [0.25, 0.3) is 0 Å². The Hall–Kier alpha value is -1.88. The summed E-state index contributed by atoms with van der Waals surface area (Å²) in [5.41, 5.74) is 8.82. The van der Waals surface area contributed by atoms with E-state index in [1.165, 1.54) is 5.56 Å². The van der Waals surface area contributed by atoms with E-state index in [-0.39, 0.29) is 5.66 Å². The second kappa shape index (κ2) is 4.66. The molecule has 3 rings (SSSR count). The van der Waals surface area contributed by atoms with Gasteiger partial charge in [-0.3, -0.25) is 0 Å². The van der Waals surface area contributed by atoms with Crippen LogP contribution >= 0.6 is 0 Å². The van der Waals surface area contributed by atoms with Gasteiger partial charge in [0.15, 0.2) is 0 Å². The van der Waals surface area contributed by atoms with Crippen molar-refractivity contribution in [2.24, 2.45) is 0 Å². The maximum atomic E-state index is 3.50. The first kappa shape index (κ1) is 12.2. The normalized spacial score (nSPS) is 23.8. The molecular weight excluding hydrogens is 236 g/mol. The van der Waals surface area contributed by atoms with E-state index in [1.807, 2.05) is 36.4 Å². The monoisotopic (exact) mass is 254 g/mol. The van der Waals surface area contributed by atoms with Gasteiger partial charge in [-0.05, 0) is 24.6 Å². The van der Waals surface area contributed by atoms with Crippen molar-refractivity contribution in [3.63, 3.8) is 0 Å². The number of anilines is 1. The predicted molar refractivity (Wildman–Crippen MR) is 76.7 cm³/mol. The maximum absolute atomic E-state index is 3.50. The van der Waals surface area contributed by atoms with Crippen LogP contribution in [0.4, 0.5) is 5.69 Å². The Morgan fingerprint density at radius 3 is 2.11 bits per heavy atom. The quantitative estimate of drug-likeness (QED) is 0.860. The van der Waals surface area contributed by atoms with Gasteiger partial charge in [-0.1, -0.05) is 48.5 Å². The highest BCUT2D eigenvalue weighted by atomic mass is 16.0. The van der Waals surface area contributed by atoms with Crippen LogP contribution in [0.3, 0.4) is 0 Å². The Labute approximate surface area is 113 Å². The number of benzene rings is 2. The summed E-state index contributed by atoms with van der Waals surface area (Å²) in [4.78, 5) is 0. The van der Waals surface area contributed by atoms with Gasteiger partial charge in [-0.25, -0.2) is 10.1 Å². The molecule has 4 nitrogen and oxygen atoms in total. The molecule has 1 atom stereocenters. The van der Waals surface area contributed by atoms with Crippen LogP contribution in [0.1, 0.15) is 12.5 Å². The molecule has 0 aromatic heterocycles. The van der Waals surface area contributed by atoms with Gasteiger partial charge in [-0.15, -0.1) is 0 Å². The Balaban J connectivity index is 1.90. The number of para-hydroxylation sites is 1. The van der Waals surface area contributed by atoms with E-state index in [4.69, 9.17) is 0 Å². The van der Waals surface area contributed by atoms with Crippen molar-refractivity contribution in [1.82, 2.24) is 16.0 Å². The molecule has 2 aromatic rings. The molecule has 0 spiro atoms. The summed E-state index contributed by atoms with van der Waals surface area (Å²) in [6, 6.07) is 20.6. The second-order valence-electron chi connectivity index (χ2n) is 4.88. The fourth-order valence-corrected chi connectivity index (χ4v) is 2.29. The average molecular weight is 254 g/mol. The van der Waals surface area contributed by atoms with E-state index in [0.29, 0.717) is 0 Å². The van der Waals surface area contributed by atoms with E-state index >= 15 is 0 Å². The average Bonchev–Trinajstić information content (AvgIpc) is 2.78. The lowest BCUT2D eigenvalue weighted by atomic mass is 10.0. The minimum absolute atomic E-state index is 0.281. The van der Waals surface area contributed by atoms with E-state index in [9.17, 15) is 0 Å². The van der Waals surface area contributed by atoms with E-state index in [0.717, 1.165) is 5.69 Å². The minimum Gasteiger partial charge on any atom is -0.225 e. The third kappa shape index (κ3) is 2.10. The Bertz CT molecular complexity index is 543. The summed E-state index contributed by atoms with van der Waals surface area (Å²) in [5.74, 6) is 0. The number of hydrogen-bond acceptors (Lipinski definition) is 4. The number of nitrogens with zero attached hydrogens (tertiary/aromatic N) is 2. The molecule has 1 fully saturated rings. The molecule has 2 aromatic carbocycles. The highest BCUT2D eigenvalue weighted by molar-refractivity contribution is 5.45. The first-order chi connectivity index (χ1) is 9.20. The lowest BCUT2D eigenvalue weighted by Gasteiger charge is -2.29. The van der Waals surface area contributed by atoms with Crippen LogP contribution in [0, 0.1) is 0 Å². The van der Waals surface area contributed by atoms with Gasteiger partial charge >= 0.3 is 0 Å². The van der Waals surface area contributed by atoms with Gasteiger partial charge in [0, 0.05) is 7.05 Å². The van der Waals surface area contributed by atoms with Gasteiger partial charge in [0.05, 0.1) is 5.69 Å². The zero-order chi connectivity index (χ0) is 13.3. The maximum Gasteiger partial charge on any atom is 0.127 e. The molecule has 1 aliphatic heterocycles. The van der Waals surface area contributed by atoms with Gasteiger partial charge in [0.1, 0.15) is 5.66 Å². The van der Waals surface area contributed by atoms with Crippen molar-refractivity contribution in [3.05, 3.63) is 66.2 Å². The Kier molecular flexibility index (Phi) is 2.98. The topological polar surface area (TPSA) is 30.5 Å². The molecule has 0 amide bonds. The van der Waals surface area contributed by atoms with Crippen molar-refractivity contribution < 1.29 is 0 Å². The summed E-state index contributed by atoms with van der Waals surface area (Å²) in [5, 5.41) is 4.00. The van der Waals surface area contributed by atoms with Crippen LogP contribution in [0.15, 0.2) is 60.7 Å². The lowest BCUT2D eigenvalue weighted by Crippen LogP contribution is -2.46. The molecule has 1 heterocycles. The smallest absolute Gasteiger partial charge is 0.127 e. The number of nitrogens with one attached hydrogen (secondary N) is 2. The highest BCUT2D eigenvalue weighted by Crippen LogP contribution is 2.28. The molecule has 0 saturated carbocycles. The standard InChI is InChI=1S/C15H18N4/c1-15(13-9-5-3-6-10-13)16-19(17-18(15)2)14-11-7-4-8-12-14/h3-12,16-17H,1-2H3. The summed E-state index contributed by atoms with van der Waals surface area (Å²) < 4.78 is 0. The van der Waals surface area contributed by atoms with Crippen molar-refractivity contribution in [1.29, 1.82) is 0 Å². The summed E-state index contributed by atoms with van der Waals surface area (Å²) in [6.45, 7) is 2.15. The van der Waals surface area contributed by atoms with Crippen LogP contribution in [0.5, 0.6) is 0 Å². The first-order valence-corrected chi connectivity index (χ1v) is 6.39. The van der Waals surface area contributed by atoms with Crippen molar-refractivity contribution in [2.45, 2.75) is 12.6 Å². The van der Waals surface area contributed by atoms with Crippen molar-refractivity contribution >= 4 is 5.69 Å². The van der Waals surface area contributed by atoms with E-state index < -0.39 is 0 Å². The molecule has 0 aliphatic carbocycles. The fraction of sp³-hybridized carbons (Fsp3) is 0.200. The van der Waals surface area contributed by atoms with Crippen LogP contribution < -0.4 is 16.1 Å². The van der Waals surface area contributed by atoms with E-state index in [1.54, 1.807) is 0 Å². The zero-order valence-electron chi connectivity index (χ0n) is 11.2. The molecule has 0 radical (unpaired) electrons. The third-order valence-corrected chi connectivity index (χ3v) is 3.60. The molecule has 2 N–H and O–H groups in total. The number of hydrogen-bond donors (Lipinski definition) is 2. The Morgan fingerprint density at radius 2 is 1.47 bits per heavy atom. The molecule has 0 bridgehead atoms. The van der Waals surface area contributed by atoms with Crippen LogP contribution in [0.2, 0.25) is 0 Å². The summed E-state index contributed by atoms with van der Waals surface area (Å²) in [7, 11) is 2.03. The fourth-order valence-electron chi connectivity index (χ4n) is 2.29. The molecule has 4 heteroatoms. The number of hydrazine groups is 3. The summed E-state index contributed by atoms with van der Waals surface area (Å²) in [6.07, 6.45) is 0. The van der Waals surface area contributed by atoms with Crippen LogP contribution in [-0.2, 0) is 5.66 Å².